The smallest absolute Gasteiger partial charge is 0.231 e. The van der Waals surface area contributed by atoms with E-state index in [0.29, 0.717) is 5.56 Å². The number of nitrogens with zero attached hydrogens (tertiary/aromatic N) is 1. The van der Waals surface area contributed by atoms with Gasteiger partial charge in [0.05, 0.1) is 18.8 Å². The van der Waals surface area contributed by atoms with Gasteiger partial charge in [-0.1, -0.05) is 6.07 Å². The molecule has 98 valence electrons. The summed E-state index contributed by atoms with van der Waals surface area (Å²) in [6.45, 7) is -0.0764. The van der Waals surface area contributed by atoms with Gasteiger partial charge in [-0.25, -0.2) is 4.39 Å². The SMILES string of the molecule is NC(=O)CN(CC(N)=O)Cc1ccc(N)c(F)c1. The van der Waals surface area contributed by atoms with Gasteiger partial charge in [0, 0.05) is 6.54 Å². The maximum absolute atomic E-state index is 13.2. The molecule has 0 saturated heterocycles. The highest BCUT2D eigenvalue weighted by atomic mass is 19.1. The highest BCUT2D eigenvalue weighted by molar-refractivity contribution is 5.79. The van der Waals surface area contributed by atoms with Crippen LogP contribution in [0.15, 0.2) is 18.2 Å². The standard InChI is InChI=1S/C11H15FN4O2/c12-8-3-7(1-2-9(8)13)4-16(5-10(14)17)6-11(15)18/h1-3H,4-6,13H2,(H2,14,17)(H2,15,18). The number of benzene rings is 1. The van der Waals surface area contributed by atoms with Crippen LogP contribution >= 0.6 is 0 Å². The zero-order valence-electron chi connectivity index (χ0n) is 9.73. The second kappa shape index (κ2) is 5.97. The maximum atomic E-state index is 13.2. The number of carbonyl (C=O) groups excluding carboxylic acids is 2. The van der Waals surface area contributed by atoms with Crippen molar-refractivity contribution in [1.82, 2.24) is 4.90 Å². The number of rotatable bonds is 6. The van der Waals surface area contributed by atoms with Gasteiger partial charge in [0.1, 0.15) is 5.82 Å². The van der Waals surface area contributed by atoms with Crippen LogP contribution in [0.2, 0.25) is 0 Å². The molecule has 0 aliphatic carbocycles. The van der Waals surface area contributed by atoms with Crippen molar-refractivity contribution in [3.63, 3.8) is 0 Å². The molecule has 18 heavy (non-hydrogen) atoms. The number of halogens is 1. The molecule has 1 rings (SSSR count). The van der Waals surface area contributed by atoms with E-state index in [1.807, 2.05) is 0 Å². The minimum atomic E-state index is -0.591. The number of carbonyl (C=O) groups is 2. The first-order valence-electron chi connectivity index (χ1n) is 5.21. The average molecular weight is 254 g/mol. The zero-order valence-corrected chi connectivity index (χ0v) is 9.73. The number of nitrogen functional groups attached to an aromatic ring is 1. The van der Waals surface area contributed by atoms with Crippen LogP contribution in [0.5, 0.6) is 0 Å². The highest BCUT2D eigenvalue weighted by Crippen LogP contribution is 2.13. The van der Waals surface area contributed by atoms with E-state index in [4.69, 9.17) is 17.2 Å². The molecule has 0 fully saturated rings. The van der Waals surface area contributed by atoms with Gasteiger partial charge in [0.25, 0.3) is 0 Å². The lowest BCUT2D eigenvalue weighted by Crippen LogP contribution is -2.39. The van der Waals surface area contributed by atoms with Crippen molar-refractivity contribution in [3.05, 3.63) is 29.6 Å². The number of hydrogen-bond acceptors (Lipinski definition) is 4. The number of primary amides is 2. The van der Waals surface area contributed by atoms with Gasteiger partial charge < -0.3 is 17.2 Å². The van der Waals surface area contributed by atoms with Crippen LogP contribution in [0, 0.1) is 5.82 Å². The van der Waals surface area contributed by atoms with Crippen molar-refractivity contribution in [2.45, 2.75) is 6.54 Å². The Kier molecular flexibility index (Phi) is 4.61. The van der Waals surface area contributed by atoms with E-state index >= 15 is 0 Å². The number of anilines is 1. The van der Waals surface area contributed by atoms with E-state index in [1.165, 1.54) is 17.0 Å². The molecule has 0 saturated carbocycles. The Morgan fingerprint density at radius 3 is 2.17 bits per heavy atom. The van der Waals surface area contributed by atoms with E-state index in [9.17, 15) is 14.0 Å². The molecule has 0 radical (unpaired) electrons. The lowest BCUT2D eigenvalue weighted by molar-refractivity contribution is -0.122. The number of nitrogens with two attached hydrogens (primary N) is 3. The molecule has 0 spiro atoms. The fraction of sp³-hybridized carbons (Fsp3) is 0.273. The summed E-state index contributed by atoms with van der Waals surface area (Å²) < 4.78 is 13.2. The molecule has 0 atom stereocenters. The normalized spacial score (nSPS) is 10.6. The summed E-state index contributed by atoms with van der Waals surface area (Å²) in [7, 11) is 0. The summed E-state index contributed by atoms with van der Waals surface area (Å²) in [6, 6.07) is 4.26. The van der Waals surface area contributed by atoms with Gasteiger partial charge in [0.2, 0.25) is 11.8 Å². The Labute approximate surface area is 104 Å². The molecule has 0 aromatic heterocycles. The first kappa shape index (κ1) is 13.9. The van der Waals surface area contributed by atoms with Crippen LogP contribution in [0.1, 0.15) is 5.56 Å². The summed E-state index contributed by atoms with van der Waals surface area (Å²) in [5.41, 5.74) is 16.1. The van der Waals surface area contributed by atoms with Crippen molar-refractivity contribution >= 4 is 17.5 Å². The van der Waals surface area contributed by atoms with E-state index in [0.717, 1.165) is 0 Å². The van der Waals surface area contributed by atoms with Crippen molar-refractivity contribution in [3.8, 4) is 0 Å². The molecule has 1 aromatic carbocycles. The number of amides is 2. The largest absolute Gasteiger partial charge is 0.396 e. The van der Waals surface area contributed by atoms with Gasteiger partial charge in [-0.2, -0.15) is 0 Å². The molecule has 0 aliphatic rings. The number of hydrogen-bond donors (Lipinski definition) is 3. The molecule has 0 bridgehead atoms. The molecule has 7 heteroatoms. The van der Waals surface area contributed by atoms with Crippen LogP contribution in [0.4, 0.5) is 10.1 Å². The lowest BCUT2D eigenvalue weighted by atomic mass is 10.2. The van der Waals surface area contributed by atoms with E-state index in [2.05, 4.69) is 0 Å². The Hall–Kier alpha value is -2.15. The van der Waals surface area contributed by atoms with Gasteiger partial charge in [0.15, 0.2) is 0 Å². The third kappa shape index (κ3) is 4.38. The van der Waals surface area contributed by atoms with Crippen LogP contribution in [0.25, 0.3) is 0 Å². The predicted octanol–water partition coefficient (Wildman–Crippen LogP) is -0.819. The second-order valence-corrected chi connectivity index (χ2v) is 3.93. The van der Waals surface area contributed by atoms with Crippen LogP contribution in [-0.2, 0) is 16.1 Å². The average Bonchev–Trinajstić information content (AvgIpc) is 2.21. The molecule has 6 nitrogen and oxygen atoms in total. The third-order valence-electron chi connectivity index (χ3n) is 2.23. The van der Waals surface area contributed by atoms with Crippen molar-refractivity contribution in [1.29, 1.82) is 0 Å². The molecular weight excluding hydrogens is 239 g/mol. The zero-order chi connectivity index (χ0) is 13.7. The Morgan fingerprint density at radius 2 is 1.72 bits per heavy atom. The molecule has 0 aliphatic heterocycles. The van der Waals surface area contributed by atoms with Crippen molar-refractivity contribution < 1.29 is 14.0 Å². The fourth-order valence-electron chi connectivity index (χ4n) is 1.54. The Balaban J connectivity index is 2.77. The minimum Gasteiger partial charge on any atom is -0.396 e. The predicted molar refractivity (Wildman–Crippen MR) is 64.5 cm³/mol. The summed E-state index contributed by atoms with van der Waals surface area (Å²) >= 11 is 0. The monoisotopic (exact) mass is 254 g/mol. The summed E-state index contributed by atoms with van der Waals surface area (Å²) in [6.07, 6.45) is 0. The Morgan fingerprint density at radius 1 is 1.17 bits per heavy atom. The first-order chi connectivity index (χ1) is 8.38. The topological polar surface area (TPSA) is 115 Å². The molecule has 0 unspecified atom stereocenters. The fourth-order valence-corrected chi connectivity index (χ4v) is 1.54. The molecule has 0 heterocycles. The van der Waals surface area contributed by atoms with Gasteiger partial charge >= 0.3 is 0 Å². The summed E-state index contributed by atoms with van der Waals surface area (Å²) in [5, 5.41) is 0. The Bertz CT molecular complexity index is 448. The summed E-state index contributed by atoms with van der Waals surface area (Å²) in [5.74, 6) is -1.73. The quantitative estimate of drug-likeness (QED) is 0.575. The van der Waals surface area contributed by atoms with Gasteiger partial charge in [-0.3, -0.25) is 14.5 Å². The van der Waals surface area contributed by atoms with E-state index < -0.39 is 17.6 Å². The first-order valence-corrected chi connectivity index (χ1v) is 5.21. The molecule has 2 amide bonds. The van der Waals surface area contributed by atoms with E-state index in [-0.39, 0.29) is 25.3 Å². The minimum absolute atomic E-state index is 0.0371. The van der Waals surface area contributed by atoms with Crippen LogP contribution in [0.3, 0.4) is 0 Å². The maximum Gasteiger partial charge on any atom is 0.231 e. The highest BCUT2D eigenvalue weighted by Gasteiger charge is 2.12. The van der Waals surface area contributed by atoms with Crippen molar-refractivity contribution in [2.24, 2.45) is 11.5 Å². The summed E-state index contributed by atoms with van der Waals surface area (Å²) in [4.78, 5) is 23.1. The van der Waals surface area contributed by atoms with Crippen LogP contribution in [-0.4, -0.2) is 29.8 Å². The third-order valence-corrected chi connectivity index (χ3v) is 2.23. The molecule has 6 N–H and O–H groups in total. The van der Waals surface area contributed by atoms with Gasteiger partial charge in [-0.15, -0.1) is 0 Å². The van der Waals surface area contributed by atoms with Crippen molar-refractivity contribution in [2.75, 3.05) is 18.8 Å². The lowest BCUT2D eigenvalue weighted by Gasteiger charge is -2.19. The van der Waals surface area contributed by atoms with E-state index in [1.54, 1.807) is 6.07 Å². The second-order valence-electron chi connectivity index (χ2n) is 3.93. The van der Waals surface area contributed by atoms with Gasteiger partial charge in [-0.05, 0) is 17.7 Å². The molecule has 1 aromatic rings. The molecular formula is C11H15FN4O2. The van der Waals surface area contributed by atoms with Crippen LogP contribution < -0.4 is 17.2 Å².